The maximum absolute atomic E-state index is 6.68. The SMILES string of the molecule is COc1ccc(-c2cc3c(NC4CCCCC4)c(C(N)=Nc4c(C)cccc4C)cnn3c2)c(C)c1. The van der Waals surface area contributed by atoms with E-state index in [2.05, 4.69) is 62.6 Å². The number of methoxy groups -OCH3 is 1. The molecule has 2 heterocycles. The van der Waals surface area contributed by atoms with Gasteiger partial charge in [-0.1, -0.05) is 43.5 Å². The highest BCUT2D eigenvalue weighted by Crippen LogP contribution is 2.34. The first-order valence-corrected chi connectivity index (χ1v) is 12.8. The monoisotopic (exact) mass is 481 g/mol. The summed E-state index contributed by atoms with van der Waals surface area (Å²) in [5.41, 5.74) is 16.1. The number of hydrogen-bond acceptors (Lipinski definition) is 4. The number of anilines is 1. The molecule has 0 spiro atoms. The van der Waals surface area contributed by atoms with E-state index in [0.29, 0.717) is 11.9 Å². The molecule has 1 fully saturated rings. The van der Waals surface area contributed by atoms with Crippen molar-refractivity contribution in [2.24, 2.45) is 10.7 Å². The van der Waals surface area contributed by atoms with Crippen LogP contribution in [0, 0.1) is 20.8 Å². The fourth-order valence-corrected chi connectivity index (χ4v) is 5.25. The fourth-order valence-electron chi connectivity index (χ4n) is 5.25. The standard InChI is InChI=1S/C30H35N5O/c1-19-9-8-10-20(2)28(19)34-30(31)26-17-32-35-18-22(25-14-13-24(36-4)15-21(25)3)16-27(35)29(26)33-23-11-6-5-7-12-23/h8-10,13-18,23,33H,5-7,11-12H2,1-4H3,(H2,31,34). The van der Waals surface area contributed by atoms with E-state index in [-0.39, 0.29) is 0 Å². The van der Waals surface area contributed by atoms with E-state index in [1.165, 1.54) is 19.3 Å². The number of aliphatic imine (C=N–C) groups is 1. The molecule has 2 aromatic heterocycles. The van der Waals surface area contributed by atoms with Crippen LogP contribution in [-0.4, -0.2) is 28.6 Å². The third-order valence-corrected chi connectivity index (χ3v) is 7.28. The van der Waals surface area contributed by atoms with Crippen LogP contribution in [0.25, 0.3) is 16.6 Å². The zero-order valence-electron chi connectivity index (χ0n) is 21.6. The number of nitrogens with two attached hydrogens (primary N) is 1. The topological polar surface area (TPSA) is 76.9 Å². The number of rotatable bonds is 6. The highest BCUT2D eigenvalue weighted by molar-refractivity contribution is 6.06. The highest BCUT2D eigenvalue weighted by Gasteiger charge is 2.20. The van der Waals surface area contributed by atoms with Gasteiger partial charge in [0.05, 0.1) is 35.8 Å². The Morgan fingerprint density at radius 3 is 2.47 bits per heavy atom. The predicted molar refractivity (Wildman–Crippen MR) is 149 cm³/mol. The smallest absolute Gasteiger partial charge is 0.135 e. The van der Waals surface area contributed by atoms with Crippen LogP contribution in [0.1, 0.15) is 54.4 Å². The van der Waals surface area contributed by atoms with Crippen molar-refractivity contribution in [3.8, 4) is 16.9 Å². The Balaban J connectivity index is 1.64. The first kappa shape index (κ1) is 23.9. The molecule has 3 N–H and O–H groups in total. The molecule has 0 atom stereocenters. The van der Waals surface area contributed by atoms with Crippen molar-refractivity contribution >= 4 is 22.7 Å². The maximum atomic E-state index is 6.68. The molecule has 1 aliphatic carbocycles. The first-order valence-electron chi connectivity index (χ1n) is 12.8. The number of nitrogens with one attached hydrogen (secondary N) is 1. The molecule has 0 amide bonds. The van der Waals surface area contributed by atoms with Crippen LogP contribution in [0.5, 0.6) is 5.75 Å². The lowest BCUT2D eigenvalue weighted by molar-refractivity contribution is 0.414. The van der Waals surface area contributed by atoms with Gasteiger partial charge in [0, 0.05) is 17.8 Å². The molecular formula is C30H35N5O. The van der Waals surface area contributed by atoms with Gasteiger partial charge in [-0.2, -0.15) is 5.10 Å². The molecule has 6 nitrogen and oxygen atoms in total. The zero-order chi connectivity index (χ0) is 25.2. The molecule has 0 saturated heterocycles. The summed E-state index contributed by atoms with van der Waals surface area (Å²) in [5.74, 6) is 1.33. The van der Waals surface area contributed by atoms with Crippen molar-refractivity contribution in [1.29, 1.82) is 0 Å². The molecule has 1 aliphatic rings. The molecule has 4 aromatic rings. The number of nitrogens with zero attached hydrogens (tertiary/aromatic N) is 3. The van der Waals surface area contributed by atoms with Gasteiger partial charge in [-0.3, -0.25) is 0 Å². The van der Waals surface area contributed by atoms with Crippen molar-refractivity contribution in [1.82, 2.24) is 9.61 Å². The minimum Gasteiger partial charge on any atom is -0.497 e. The second-order valence-electron chi connectivity index (χ2n) is 9.89. The van der Waals surface area contributed by atoms with Crippen LogP contribution < -0.4 is 15.8 Å². The minimum atomic E-state index is 0.415. The summed E-state index contributed by atoms with van der Waals surface area (Å²) in [4.78, 5) is 4.88. The Kier molecular flexibility index (Phi) is 6.68. The van der Waals surface area contributed by atoms with E-state index in [0.717, 1.165) is 68.9 Å². The average molecular weight is 482 g/mol. The largest absolute Gasteiger partial charge is 0.497 e. The molecular weight excluding hydrogens is 446 g/mol. The second kappa shape index (κ2) is 10.1. The summed E-state index contributed by atoms with van der Waals surface area (Å²) in [6.07, 6.45) is 10.0. The summed E-state index contributed by atoms with van der Waals surface area (Å²) in [6.45, 7) is 6.24. The number of aryl methyl sites for hydroxylation is 3. The van der Waals surface area contributed by atoms with Crippen LogP contribution in [0.4, 0.5) is 11.4 Å². The van der Waals surface area contributed by atoms with Crippen molar-refractivity contribution in [2.45, 2.75) is 58.9 Å². The van der Waals surface area contributed by atoms with Crippen LogP contribution in [0.2, 0.25) is 0 Å². The quantitative estimate of drug-likeness (QED) is 0.237. The normalized spacial score (nSPS) is 14.8. The van der Waals surface area contributed by atoms with Crippen molar-refractivity contribution in [2.75, 3.05) is 12.4 Å². The summed E-state index contributed by atoms with van der Waals surface area (Å²) >= 11 is 0. The van der Waals surface area contributed by atoms with Gasteiger partial charge in [-0.15, -0.1) is 0 Å². The van der Waals surface area contributed by atoms with Crippen molar-refractivity contribution in [3.63, 3.8) is 0 Å². The van der Waals surface area contributed by atoms with E-state index in [9.17, 15) is 0 Å². The van der Waals surface area contributed by atoms with Gasteiger partial charge in [0.1, 0.15) is 11.6 Å². The molecule has 5 rings (SSSR count). The van der Waals surface area contributed by atoms with E-state index < -0.39 is 0 Å². The van der Waals surface area contributed by atoms with E-state index >= 15 is 0 Å². The van der Waals surface area contributed by atoms with Gasteiger partial charge in [0.15, 0.2) is 0 Å². The lowest BCUT2D eigenvalue weighted by Crippen LogP contribution is -2.25. The molecule has 186 valence electrons. The third kappa shape index (κ3) is 4.68. The average Bonchev–Trinajstić information content (AvgIpc) is 3.31. The first-order chi connectivity index (χ1) is 17.4. The number of hydrogen-bond donors (Lipinski definition) is 2. The van der Waals surface area contributed by atoms with Gasteiger partial charge in [0.2, 0.25) is 0 Å². The molecule has 1 saturated carbocycles. The molecule has 36 heavy (non-hydrogen) atoms. The van der Waals surface area contributed by atoms with Gasteiger partial charge < -0.3 is 15.8 Å². The number of fused-ring (bicyclic) bond motifs is 1. The number of benzene rings is 2. The van der Waals surface area contributed by atoms with Gasteiger partial charge in [-0.05, 0) is 74.1 Å². The maximum Gasteiger partial charge on any atom is 0.135 e. The molecule has 2 aromatic carbocycles. The second-order valence-corrected chi connectivity index (χ2v) is 9.89. The van der Waals surface area contributed by atoms with Crippen LogP contribution in [0.15, 0.2) is 59.9 Å². The Hall–Kier alpha value is -3.80. The summed E-state index contributed by atoms with van der Waals surface area (Å²) in [7, 11) is 1.69. The number of aromatic nitrogens is 2. The predicted octanol–water partition coefficient (Wildman–Crippen LogP) is 6.72. The Morgan fingerprint density at radius 2 is 1.78 bits per heavy atom. The lowest BCUT2D eigenvalue weighted by Gasteiger charge is -2.25. The molecule has 0 bridgehead atoms. The van der Waals surface area contributed by atoms with Crippen molar-refractivity contribution < 1.29 is 4.74 Å². The number of para-hydroxylation sites is 1. The Labute approximate surface area is 213 Å². The van der Waals surface area contributed by atoms with E-state index in [4.69, 9.17) is 20.6 Å². The van der Waals surface area contributed by atoms with Gasteiger partial charge >= 0.3 is 0 Å². The molecule has 0 aliphatic heterocycles. The van der Waals surface area contributed by atoms with Gasteiger partial charge in [-0.25, -0.2) is 9.51 Å². The zero-order valence-corrected chi connectivity index (χ0v) is 21.6. The number of amidine groups is 1. The third-order valence-electron chi connectivity index (χ3n) is 7.28. The summed E-state index contributed by atoms with van der Waals surface area (Å²) in [6, 6.07) is 15.0. The molecule has 0 radical (unpaired) electrons. The Morgan fingerprint density at radius 1 is 1.03 bits per heavy atom. The Bertz CT molecular complexity index is 1410. The summed E-state index contributed by atoms with van der Waals surface area (Å²) in [5, 5.41) is 8.59. The van der Waals surface area contributed by atoms with E-state index in [1.54, 1.807) is 7.11 Å². The lowest BCUT2D eigenvalue weighted by atomic mass is 9.95. The van der Waals surface area contributed by atoms with Crippen molar-refractivity contribution in [3.05, 3.63) is 77.1 Å². The van der Waals surface area contributed by atoms with Crippen LogP contribution >= 0.6 is 0 Å². The van der Waals surface area contributed by atoms with E-state index in [1.807, 2.05) is 22.8 Å². The minimum absolute atomic E-state index is 0.415. The van der Waals surface area contributed by atoms with Crippen LogP contribution in [0.3, 0.4) is 0 Å². The van der Waals surface area contributed by atoms with Gasteiger partial charge in [0.25, 0.3) is 0 Å². The highest BCUT2D eigenvalue weighted by atomic mass is 16.5. The molecule has 6 heteroatoms. The van der Waals surface area contributed by atoms with Crippen LogP contribution in [-0.2, 0) is 0 Å². The summed E-state index contributed by atoms with van der Waals surface area (Å²) < 4.78 is 7.35. The molecule has 0 unspecified atom stereocenters. The fraction of sp³-hybridized carbons (Fsp3) is 0.333. The number of ether oxygens (including phenoxy) is 1.